The first-order valence-corrected chi connectivity index (χ1v) is 8.02. The van der Waals surface area contributed by atoms with Gasteiger partial charge in [0, 0.05) is 25.8 Å². The molecule has 1 aromatic heterocycles. The first-order chi connectivity index (χ1) is 10.9. The molecular formula is C16H26N4O3. The molecule has 1 aliphatic rings. The van der Waals surface area contributed by atoms with Crippen LogP contribution >= 0.6 is 0 Å². The highest BCUT2D eigenvalue weighted by Crippen LogP contribution is 2.20. The van der Waals surface area contributed by atoms with Crippen LogP contribution in [-0.4, -0.2) is 46.4 Å². The van der Waals surface area contributed by atoms with Crippen molar-refractivity contribution in [2.75, 3.05) is 24.5 Å². The molecule has 1 aromatic rings. The monoisotopic (exact) mass is 322 g/mol. The zero-order valence-electron chi connectivity index (χ0n) is 14.1. The second-order valence-electron chi connectivity index (χ2n) is 6.82. The van der Waals surface area contributed by atoms with Crippen LogP contribution in [0, 0.1) is 5.92 Å². The molecule has 2 rings (SSSR count). The van der Waals surface area contributed by atoms with Crippen molar-refractivity contribution >= 4 is 12.0 Å². The van der Waals surface area contributed by atoms with Gasteiger partial charge >= 0.3 is 6.09 Å². The molecule has 1 amide bonds. The summed E-state index contributed by atoms with van der Waals surface area (Å²) in [6.45, 7) is 7.79. The van der Waals surface area contributed by atoms with Crippen LogP contribution in [0.5, 0.6) is 0 Å². The average Bonchev–Trinajstić information content (AvgIpc) is 2.52. The normalized spacial score (nSPS) is 16.3. The molecular weight excluding hydrogens is 296 g/mol. The first-order valence-electron chi connectivity index (χ1n) is 8.02. The van der Waals surface area contributed by atoms with Crippen molar-refractivity contribution in [2.24, 2.45) is 5.92 Å². The zero-order chi connectivity index (χ0) is 16.9. The lowest BCUT2D eigenvalue weighted by molar-refractivity contribution is 0.0517. The largest absolute Gasteiger partial charge is 0.444 e. The number of carbonyl (C=O) groups excluding carboxylic acids is 1. The summed E-state index contributed by atoms with van der Waals surface area (Å²) in [5.41, 5.74) is 0.159. The standard InChI is InChI=1S/C16H26N4O3/c1-16(2,3)23-15(22)18-10-12-5-8-20(9-6-12)14-17-7-4-13(11-21)19-14/h4,7,12,21H,5-6,8-11H2,1-3H3,(H,18,22). The topological polar surface area (TPSA) is 87.6 Å². The van der Waals surface area contributed by atoms with Gasteiger partial charge in [-0.15, -0.1) is 0 Å². The van der Waals surface area contributed by atoms with Crippen LogP contribution in [0.1, 0.15) is 39.3 Å². The van der Waals surface area contributed by atoms with Crippen molar-refractivity contribution in [1.82, 2.24) is 15.3 Å². The van der Waals surface area contributed by atoms with E-state index in [1.54, 1.807) is 12.3 Å². The fourth-order valence-electron chi connectivity index (χ4n) is 2.50. The highest BCUT2D eigenvalue weighted by Gasteiger charge is 2.22. The maximum absolute atomic E-state index is 11.7. The van der Waals surface area contributed by atoms with E-state index in [4.69, 9.17) is 9.84 Å². The van der Waals surface area contributed by atoms with Crippen molar-refractivity contribution in [3.63, 3.8) is 0 Å². The number of aliphatic hydroxyl groups excluding tert-OH is 1. The Morgan fingerprint density at radius 2 is 2.13 bits per heavy atom. The van der Waals surface area contributed by atoms with Crippen LogP contribution in [0.4, 0.5) is 10.7 Å². The molecule has 0 spiro atoms. The van der Waals surface area contributed by atoms with E-state index in [9.17, 15) is 4.79 Å². The van der Waals surface area contributed by atoms with Gasteiger partial charge in [-0.25, -0.2) is 14.8 Å². The Balaban J connectivity index is 1.76. The summed E-state index contributed by atoms with van der Waals surface area (Å²) in [5, 5.41) is 12.0. The zero-order valence-corrected chi connectivity index (χ0v) is 14.1. The van der Waals surface area contributed by atoms with E-state index in [2.05, 4.69) is 20.2 Å². The summed E-state index contributed by atoms with van der Waals surface area (Å²) >= 11 is 0. The van der Waals surface area contributed by atoms with Crippen molar-refractivity contribution < 1.29 is 14.6 Å². The number of hydrogen-bond acceptors (Lipinski definition) is 6. The third-order valence-electron chi connectivity index (χ3n) is 3.69. The summed E-state index contributed by atoms with van der Waals surface area (Å²) in [6.07, 6.45) is 3.23. The smallest absolute Gasteiger partial charge is 0.407 e. The predicted octanol–water partition coefficient (Wildman–Crippen LogP) is 1.71. The Kier molecular flexibility index (Phi) is 5.76. The second-order valence-corrected chi connectivity index (χ2v) is 6.82. The quantitative estimate of drug-likeness (QED) is 0.877. The van der Waals surface area contributed by atoms with Gasteiger partial charge in [0.15, 0.2) is 0 Å². The van der Waals surface area contributed by atoms with E-state index in [0.29, 0.717) is 24.1 Å². The lowest BCUT2D eigenvalue weighted by Gasteiger charge is -2.32. The van der Waals surface area contributed by atoms with E-state index < -0.39 is 5.60 Å². The number of piperidine rings is 1. The number of rotatable bonds is 4. The maximum Gasteiger partial charge on any atom is 0.407 e. The van der Waals surface area contributed by atoms with Gasteiger partial charge in [-0.1, -0.05) is 0 Å². The van der Waals surface area contributed by atoms with Gasteiger partial charge in [-0.05, 0) is 45.6 Å². The summed E-state index contributed by atoms with van der Waals surface area (Å²) in [7, 11) is 0. The van der Waals surface area contributed by atoms with E-state index in [0.717, 1.165) is 25.9 Å². The van der Waals surface area contributed by atoms with Crippen LogP contribution < -0.4 is 10.2 Å². The summed E-state index contributed by atoms with van der Waals surface area (Å²) in [5.74, 6) is 1.09. The molecule has 1 fully saturated rings. The molecule has 0 aliphatic carbocycles. The SMILES string of the molecule is CC(C)(C)OC(=O)NCC1CCN(c2nccc(CO)n2)CC1. The van der Waals surface area contributed by atoms with E-state index in [1.165, 1.54) is 0 Å². The third kappa shape index (κ3) is 5.67. The molecule has 0 radical (unpaired) electrons. The average molecular weight is 322 g/mol. The van der Waals surface area contributed by atoms with Crippen molar-refractivity contribution in [3.8, 4) is 0 Å². The molecule has 0 bridgehead atoms. The number of nitrogens with zero attached hydrogens (tertiary/aromatic N) is 3. The number of aromatic nitrogens is 2. The number of anilines is 1. The molecule has 7 heteroatoms. The molecule has 0 atom stereocenters. The van der Waals surface area contributed by atoms with Crippen LogP contribution in [0.2, 0.25) is 0 Å². The van der Waals surface area contributed by atoms with Crippen LogP contribution in [0.25, 0.3) is 0 Å². The van der Waals surface area contributed by atoms with Crippen molar-refractivity contribution in [1.29, 1.82) is 0 Å². The molecule has 1 saturated heterocycles. The number of ether oxygens (including phenoxy) is 1. The Hall–Kier alpha value is -1.89. The van der Waals surface area contributed by atoms with Crippen LogP contribution in [0.15, 0.2) is 12.3 Å². The van der Waals surface area contributed by atoms with Crippen molar-refractivity contribution in [3.05, 3.63) is 18.0 Å². The number of carbonyl (C=O) groups is 1. The fourth-order valence-corrected chi connectivity index (χ4v) is 2.50. The lowest BCUT2D eigenvalue weighted by Crippen LogP contribution is -2.40. The lowest BCUT2D eigenvalue weighted by atomic mass is 9.97. The predicted molar refractivity (Wildman–Crippen MR) is 87.1 cm³/mol. The molecule has 7 nitrogen and oxygen atoms in total. The van der Waals surface area contributed by atoms with Gasteiger partial charge in [-0.2, -0.15) is 0 Å². The van der Waals surface area contributed by atoms with E-state index >= 15 is 0 Å². The maximum atomic E-state index is 11.7. The van der Waals surface area contributed by atoms with Gasteiger partial charge in [0.25, 0.3) is 0 Å². The van der Waals surface area contributed by atoms with Gasteiger partial charge in [0.2, 0.25) is 5.95 Å². The Morgan fingerprint density at radius 3 is 2.74 bits per heavy atom. The molecule has 0 unspecified atom stereocenters. The van der Waals surface area contributed by atoms with Gasteiger partial charge in [-0.3, -0.25) is 0 Å². The molecule has 23 heavy (non-hydrogen) atoms. The van der Waals surface area contributed by atoms with E-state index in [-0.39, 0.29) is 12.7 Å². The number of alkyl carbamates (subject to hydrolysis) is 1. The third-order valence-corrected chi connectivity index (χ3v) is 3.69. The summed E-state index contributed by atoms with van der Waals surface area (Å²) in [6, 6.07) is 1.71. The summed E-state index contributed by atoms with van der Waals surface area (Å²) in [4.78, 5) is 22.4. The molecule has 2 heterocycles. The molecule has 0 saturated carbocycles. The Labute approximate surface area is 137 Å². The van der Waals surface area contributed by atoms with E-state index in [1.807, 2.05) is 20.8 Å². The molecule has 128 valence electrons. The minimum atomic E-state index is -0.470. The fraction of sp³-hybridized carbons (Fsp3) is 0.688. The van der Waals surface area contributed by atoms with Gasteiger partial charge in [0.05, 0.1) is 12.3 Å². The highest BCUT2D eigenvalue weighted by atomic mass is 16.6. The summed E-state index contributed by atoms with van der Waals surface area (Å²) < 4.78 is 5.24. The molecule has 2 N–H and O–H groups in total. The molecule has 1 aliphatic heterocycles. The number of aliphatic hydroxyl groups is 1. The van der Waals surface area contributed by atoms with Gasteiger partial charge in [0.1, 0.15) is 5.60 Å². The highest BCUT2D eigenvalue weighted by molar-refractivity contribution is 5.67. The molecule has 0 aromatic carbocycles. The second kappa shape index (κ2) is 7.59. The van der Waals surface area contributed by atoms with Crippen molar-refractivity contribution in [2.45, 2.75) is 45.8 Å². The number of nitrogens with one attached hydrogen (secondary N) is 1. The number of hydrogen-bond donors (Lipinski definition) is 2. The van der Waals surface area contributed by atoms with Crippen LogP contribution in [0.3, 0.4) is 0 Å². The first kappa shape index (κ1) is 17.5. The van der Waals surface area contributed by atoms with Crippen LogP contribution in [-0.2, 0) is 11.3 Å². The Morgan fingerprint density at radius 1 is 1.43 bits per heavy atom. The minimum Gasteiger partial charge on any atom is -0.444 e. The number of amides is 1. The Bertz CT molecular complexity index is 522. The van der Waals surface area contributed by atoms with Gasteiger partial charge < -0.3 is 20.1 Å². The minimum absolute atomic E-state index is 0.0776.